The van der Waals surface area contributed by atoms with Gasteiger partial charge in [-0.1, -0.05) is 0 Å². The normalized spacial score (nSPS) is 10.3. The van der Waals surface area contributed by atoms with E-state index >= 15 is 0 Å². The summed E-state index contributed by atoms with van der Waals surface area (Å²) in [6.07, 6.45) is 0. The summed E-state index contributed by atoms with van der Waals surface area (Å²) in [5, 5.41) is 0. The van der Waals surface area contributed by atoms with Gasteiger partial charge in [-0.15, -0.1) is 0 Å². The molecule has 66 valence electrons. The van der Waals surface area contributed by atoms with Crippen molar-refractivity contribution in [3.63, 3.8) is 0 Å². The summed E-state index contributed by atoms with van der Waals surface area (Å²) < 4.78 is 42.0. The standard InChI is InChI=1S/C7H6F3NO/c1-12-3-4-5(8)2-6(9)11-7(4)10/h2H,3H2,1H3. The third-order valence-corrected chi connectivity index (χ3v) is 1.28. The van der Waals surface area contributed by atoms with Crippen molar-refractivity contribution in [2.24, 2.45) is 0 Å². The van der Waals surface area contributed by atoms with Crippen LogP contribution in [0.2, 0.25) is 0 Å². The molecule has 0 N–H and O–H groups in total. The molecule has 0 amide bonds. The predicted molar refractivity (Wildman–Crippen MR) is 34.8 cm³/mol. The van der Waals surface area contributed by atoms with Gasteiger partial charge in [-0.25, -0.2) is 4.39 Å². The first-order valence-electron chi connectivity index (χ1n) is 3.14. The molecule has 0 spiro atoms. The van der Waals surface area contributed by atoms with Crippen molar-refractivity contribution < 1.29 is 17.9 Å². The zero-order valence-electron chi connectivity index (χ0n) is 6.27. The van der Waals surface area contributed by atoms with Gasteiger partial charge in [0.25, 0.3) is 0 Å². The molecule has 5 heteroatoms. The highest BCUT2D eigenvalue weighted by Crippen LogP contribution is 2.12. The van der Waals surface area contributed by atoms with E-state index in [2.05, 4.69) is 9.72 Å². The fourth-order valence-corrected chi connectivity index (χ4v) is 0.757. The van der Waals surface area contributed by atoms with Crippen molar-refractivity contribution in [1.82, 2.24) is 4.98 Å². The van der Waals surface area contributed by atoms with Crippen LogP contribution in [0.15, 0.2) is 6.07 Å². The number of rotatable bonds is 2. The summed E-state index contributed by atoms with van der Waals surface area (Å²) in [7, 11) is 1.28. The largest absolute Gasteiger partial charge is 0.380 e. The Balaban J connectivity index is 3.10. The summed E-state index contributed by atoms with van der Waals surface area (Å²) in [6.45, 7) is -0.259. The first-order valence-corrected chi connectivity index (χ1v) is 3.14. The van der Waals surface area contributed by atoms with Crippen LogP contribution in [-0.2, 0) is 11.3 Å². The molecule has 0 saturated heterocycles. The fraction of sp³-hybridized carbons (Fsp3) is 0.286. The minimum atomic E-state index is -1.18. The minimum absolute atomic E-state index is 0.259. The quantitative estimate of drug-likeness (QED) is 0.640. The predicted octanol–water partition coefficient (Wildman–Crippen LogP) is 1.65. The molecule has 0 bridgehead atoms. The summed E-state index contributed by atoms with van der Waals surface area (Å²) in [6, 6.07) is 0.511. The molecular formula is C7H6F3NO. The van der Waals surface area contributed by atoms with E-state index in [1.807, 2.05) is 0 Å². The van der Waals surface area contributed by atoms with Crippen molar-refractivity contribution in [3.05, 3.63) is 29.3 Å². The van der Waals surface area contributed by atoms with Gasteiger partial charge in [0.05, 0.1) is 12.2 Å². The monoisotopic (exact) mass is 177 g/mol. The molecule has 1 aromatic rings. The Hall–Kier alpha value is -1.10. The van der Waals surface area contributed by atoms with Gasteiger partial charge in [0.1, 0.15) is 5.82 Å². The average molecular weight is 177 g/mol. The second-order valence-corrected chi connectivity index (χ2v) is 2.13. The Morgan fingerprint density at radius 2 is 2.08 bits per heavy atom. The lowest BCUT2D eigenvalue weighted by Gasteiger charge is -2.01. The molecule has 0 aliphatic rings. The lowest BCUT2D eigenvalue weighted by molar-refractivity contribution is 0.176. The Labute approximate surface area is 67.0 Å². The zero-order chi connectivity index (χ0) is 9.14. The third-order valence-electron chi connectivity index (χ3n) is 1.28. The van der Waals surface area contributed by atoms with Gasteiger partial charge >= 0.3 is 0 Å². The van der Waals surface area contributed by atoms with E-state index in [1.54, 1.807) is 0 Å². The van der Waals surface area contributed by atoms with Crippen LogP contribution in [0, 0.1) is 17.7 Å². The van der Waals surface area contributed by atoms with E-state index in [0.29, 0.717) is 6.07 Å². The van der Waals surface area contributed by atoms with Crippen LogP contribution in [0.5, 0.6) is 0 Å². The van der Waals surface area contributed by atoms with E-state index in [1.165, 1.54) is 7.11 Å². The molecule has 0 radical (unpaired) electrons. The minimum Gasteiger partial charge on any atom is -0.380 e. The van der Waals surface area contributed by atoms with E-state index < -0.39 is 17.7 Å². The number of pyridine rings is 1. The number of halogens is 3. The second kappa shape index (κ2) is 3.53. The molecular weight excluding hydrogens is 171 g/mol. The summed E-state index contributed by atoms with van der Waals surface area (Å²) in [4.78, 5) is 2.80. The molecule has 0 aliphatic heterocycles. The first kappa shape index (κ1) is 8.99. The maximum Gasteiger partial charge on any atom is 0.224 e. The molecule has 0 aliphatic carbocycles. The van der Waals surface area contributed by atoms with Gasteiger partial charge in [0, 0.05) is 13.2 Å². The van der Waals surface area contributed by atoms with Crippen LogP contribution >= 0.6 is 0 Å². The zero-order valence-corrected chi connectivity index (χ0v) is 6.27. The van der Waals surface area contributed by atoms with Gasteiger partial charge < -0.3 is 4.74 Å². The number of methoxy groups -OCH3 is 1. The fourth-order valence-electron chi connectivity index (χ4n) is 0.757. The van der Waals surface area contributed by atoms with E-state index in [4.69, 9.17) is 0 Å². The number of ether oxygens (including phenoxy) is 1. The molecule has 1 rings (SSSR count). The third kappa shape index (κ3) is 1.73. The smallest absolute Gasteiger partial charge is 0.224 e. The van der Waals surface area contributed by atoms with Crippen molar-refractivity contribution in [1.29, 1.82) is 0 Å². The Kier molecular flexibility index (Phi) is 2.65. The molecule has 1 aromatic heterocycles. The molecule has 2 nitrogen and oxygen atoms in total. The van der Waals surface area contributed by atoms with Crippen LogP contribution in [-0.4, -0.2) is 12.1 Å². The molecule has 12 heavy (non-hydrogen) atoms. The molecule has 1 heterocycles. The molecule has 0 atom stereocenters. The number of hydrogen-bond donors (Lipinski definition) is 0. The topological polar surface area (TPSA) is 22.1 Å². The Morgan fingerprint density at radius 1 is 1.42 bits per heavy atom. The van der Waals surface area contributed by atoms with Gasteiger partial charge in [0.15, 0.2) is 0 Å². The highest BCUT2D eigenvalue weighted by molar-refractivity contribution is 5.13. The van der Waals surface area contributed by atoms with Crippen molar-refractivity contribution in [3.8, 4) is 0 Å². The molecule has 0 fully saturated rings. The SMILES string of the molecule is COCc1c(F)cc(F)nc1F. The molecule has 0 unspecified atom stereocenters. The van der Waals surface area contributed by atoms with Crippen LogP contribution in [0.4, 0.5) is 13.2 Å². The summed E-state index contributed by atoms with van der Waals surface area (Å²) >= 11 is 0. The second-order valence-electron chi connectivity index (χ2n) is 2.13. The highest BCUT2D eigenvalue weighted by Gasteiger charge is 2.11. The van der Waals surface area contributed by atoms with Gasteiger partial charge in [0.2, 0.25) is 11.9 Å². The van der Waals surface area contributed by atoms with E-state index in [0.717, 1.165) is 0 Å². The number of aromatic nitrogens is 1. The lowest BCUT2D eigenvalue weighted by atomic mass is 10.3. The molecule has 0 aromatic carbocycles. The van der Waals surface area contributed by atoms with E-state index in [-0.39, 0.29) is 12.2 Å². The van der Waals surface area contributed by atoms with Crippen LogP contribution < -0.4 is 0 Å². The highest BCUT2D eigenvalue weighted by atomic mass is 19.1. The summed E-state index contributed by atoms with van der Waals surface area (Å²) in [5.41, 5.74) is -0.362. The average Bonchev–Trinajstić information content (AvgIpc) is 1.96. The Bertz CT molecular complexity index is 267. The van der Waals surface area contributed by atoms with Gasteiger partial charge in [-0.2, -0.15) is 13.8 Å². The first-order chi connectivity index (χ1) is 5.65. The van der Waals surface area contributed by atoms with Crippen LogP contribution in [0.3, 0.4) is 0 Å². The van der Waals surface area contributed by atoms with Gasteiger partial charge in [-0.05, 0) is 0 Å². The number of nitrogens with zero attached hydrogens (tertiary/aromatic N) is 1. The summed E-state index contributed by atoms with van der Waals surface area (Å²) in [5.74, 6) is -3.33. The van der Waals surface area contributed by atoms with Crippen molar-refractivity contribution >= 4 is 0 Å². The van der Waals surface area contributed by atoms with Crippen molar-refractivity contribution in [2.75, 3.05) is 7.11 Å². The van der Waals surface area contributed by atoms with Gasteiger partial charge in [-0.3, -0.25) is 0 Å². The maximum atomic E-state index is 12.7. The van der Waals surface area contributed by atoms with Crippen LogP contribution in [0.25, 0.3) is 0 Å². The van der Waals surface area contributed by atoms with E-state index in [9.17, 15) is 13.2 Å². The van der Waals surface area contributed by atoms with Crippen LogP contribution in [0.1, 0.15) is 5.56 Å². The Morgan fingerprint density at radius 3 is 2.58 bits per heavy atom. The molecule has 0 saturated carbocycles. The lowest BCUT2D eigenvalue weighted by Crippen LogP contribution is -2.02. The van der Waals surface area contributed by atoms with Crippen molar-refractivity contribution in [2.45, 2.75) is 6.61 Å². The maximum absolute atomic E-state index is 12.7. The number of hydrogen-bond acceptors (Lipinski definition) is 2.